The van der Waals surface area contributed by atoms with Crippen LogP contribution in [0.5, 0.6) is 0 Å². The number of aryl methyl sites for hydroxylation is 1. The Morgan fingerprint density at radius 2 is 1.83 bits per heavy atom. The van der Waals surface area contributed by atoms with Crippen molar-refractivity contribution in [2.45, 2.75) is 26.3 Å². The summed E-state index contributed by atoms with van der Waals surface area (Å²) in [6.45, 7) is 5.10. The van der Waals surface area contributed by atoms with Crippen molar-refractivity contribution in [2.75, 3.05) is 0 Å². The van der Waals surface area contributed by atoms with E-state index in [4.69, 9.17) is 11.6 Å². The second kappa shape index (κ2) is 6.43. The number of nitrogens with zero attached hydrogens (tertiary/aromatic N) is 4. The van der Waals surface area contributed by atoms with Crippen LogP contribution in [-0.4, -0.2) is 18.7 Å². The van der Waals surface area contributed by atoms with E-state index in [1.54, 1.807) is 11.6 Å². The molecule has 0 aliphatic carbocycles. The quantitative estimate of drug-likeness (QED) is 0.473. The molecule has 1 aliphatic heterocycles. The minimum absolute atomic E-state index is 0.0762. The van der Waals surface area contributed by atoms with Crippen molar-refractivity contribution >= 4 is 33.8 Å². The zero-order chi connectivity index (χ0) is 21.4. The molecule has 3 aromatic heterocycles. The molecular formula is C22H21ClN4O2S. The summed E-state index contributed by atoms with van der Waals surface area (Å²) in [5.74, 6) is -0.0762. The van der Waals surface area contributed by atoms with E-state index in [0.29, 0.717) is 22.6 Å². The zero-order valence-corrected chi connectivity index (χ0v) is 18.7. The third kappa shape index (κ3) is 2.51. The highest BCUT2D eigenvalue weighted by Gasteiger charge is 2.46. The van der Waals surface area contributed by atoms with Crippen LogP contribution in [0.15, 0.2) is 45.3 Å². The fourth-order valence-electron chi connectivity index (χ4n) is 4.81. The van der Waals surface area contributed by atoms with E-state index in [2.05, 4.69) is 23.4 Å². The predicted octanol–water partition coefficient (Wildman–Crippen LogP) is 3.99. The van der Waals surface area contributed by atoms with Gasteiger partial charge in [-0.2, -0.15) is 0 Å². The van der Waals surface area contributed by atoms with Crippen LogP contribution in [0.3, 0.4) is 0 Å². The molecule has 6 nitrogen and oxygen atoms in total. The summed E-state index contributed by atoms with van der Waals surface area (Å²) >= 11 is 7.68. The number of thiazole rings is 1. The first-order valence-corrected chi connectivity index (χ1v) is 11.0. The van der Waals surface area contributed by atoms with E-state index < -0.39 is 0 Å². The summed E-state index contributed by atoms with van der Waals surface area (Å²) in [7, 11) is 3.26. The molecule has 0 fully saturated rings. The van der Waals surface area contributed by atoms with Crippen LogP contribution in [-0.2, 0) is 20.6 Å². The molecule has 5 rings (SSSR count). The number of halogens is 1. The van der Waals surface area contributed by atoms with Crippen LogP contribution in [0, 0.1) is 5.41 Å². The van der Waals surface area contributed by atoms with E-state index in [-0.39, 0.29) is 22.6 Å². The first kappa shape index (κ1) is 19.3. The standard InChI is InChI=1S/C22H21ClN4O2S/c1-22(2)11-27-16(12-8-6-5-7-9-12)14-17(25(3)21(29)26(4)20(14)28)18(27)15(22)19-24-13(23)10-30-19/h5-10,15H,11H2,1-4H3. The van der Waals surface area contributed by atoms with Crippen LogP contribution in [0.1, 0.15) is 30.5 Å². The van der Waals surface area contributed by atoms with Crippen LogP contribution < -0.4 is 11.2 Å². The number of hydrogen-bond acceptors (Lipinski definition) is 4. The summed E-state index contributed by atoms with van der Waals surface area (Å²) in [5, 5.41) is 3.77. The van der Waals surface area contributed by atoms with Gasteiger partial charge < -0.3 is 4.57 Å². The lowest BCUT2D eigenvalue weighted by molar-refractivity contribution is 0.323. The summed E-state index contributed by atoms with van der Waals surface area (Å²) in [6, 6.07) is 9.90. The first-order valence-electron chi connectivity index (χ1n) is 9.71. The van der Waals surface area contributed by atoms with Crippen LogP contribution in [0.4, 0.5) is 0 Å². The number of rotatable bonds is 2. The third-order valence-electron chi connectivity index (χ3n) is 6.11. The van der Waals surface area contributed by atoms with Gasteiger partial charge in [0.25, 0.3) is 5.56 Å². The lowest BCUT2D eigenvalue weighted by Crippen LogP contribution is -2.37. The van der Waals surface area contributed by atoms with Gasteiger partial charge in [0.1, 0.15) is 10.2 Å². The highest BCUT2D eigenvalue weighted by Crippen LogP contribution is 2.53. The van der Waals surface area contributed by atoms with Gasteiger partial charge in [-0.15, -0.1) is 11.3 Å². The van der Waals surface area contributed by atoms with Crippen molar-refractivity contribution in [1.82, 2.24) is 18.7 Å². The Kier molecular flexibility index (Phi) is 4.14. The highest BCUT2D eigenvalue weighted by molar-refractivity contribution is 7.10. The molecule has 0 bridgehead atoms. The van der Waals surface area contributed by atoms with Gasteiger partial charge in [-0.3, -0.25) is 13.9 Å². The van der Waals surface area contributed by atoms with Gasteiger partial charge in [-0.05, 0) is 11.0 Å². The Labute approximate surface area is 182 Å². The van der Waals surface area contributed by atoms with Crippen molar-refractivity contribution in [2.24, 2.45) is 19.5 Å². The second-order valence-corrected chi connectivity index (χ2v) is 9.82. The summed E-state index contributed by atoms with van der Waals surface area (Å²) in [5.41, 5.74) is 2.68. The Hall–Kier alpha value is -2.64. The summed E-state index contributed by atoms with van der Waals surface area (Å²) in [6.07, 6.45) is 0. The minimum Gasteiger partial charge on any atom is -0.341 e. The molecule has 0 N–H and O–H groups in total. The number of benzene rings is 1. The zero-order valence-electron chi connectivity index (χ0n) is 17.1. The van der Waals surface area contributed by atoms with E-state index >= 15 is 0 Å². The lowest BCUT2D eigenvalue weighted by atomic mass is 9.79. The van der Waals surface area contributed by atoms with E-state index in [1.807, 2.05) is 35.7 Å². The Morgan fingerprint density at radius 3 is 2.47 bits per heavy atom. The molecule has 154 valence electrons. The fraction of sp³-hybridized carbons (Fsp3) is 0.318. The smallest absolute Gasteiger partial charge is 0.331 e. The van der Waals surface area contributed by atoms with Gasteiger partial charge in [0.15, 0.2) is 0 Å². The summed E-state index contributed by atoms with van der Waals surface area (Å²) < 4.78 is 4.99. The number of aromatic nitrogens is 4. The summed E-state index contributed by atoms with van der Waals surface area (Å²) in [4.78, 5) is 30.7. The predicted molar refractivity (Wildman–Crippen MR) is 121 cm³/mol. The molecule has 4 aromatic rings. The number of fused-ring (bicyclic) bond motifs is 3. The molecule has 0 saturated heterocycles. The molecular weight excluding hydrogens is 420 g/mol. The van der Waals surface area contributed by atoms with Crippen LogP contribution >= 0.6 is 22.9 Å². The van der Waals surface area contributed by atoms with Crippen molar-refractivity contribution < 1.29 is 0 Å². The Balaban J connectivity index is 1.99. The van der Waals surface area contributed by atoms with Crippen LogP contribution in [0.25, 0.3) is 22.2 Å². The molecule has 1 atom stereocenters. The molecule has 1 aromatic carbocycles. The fourth-order valence-corrected chi connectivity index (χ4v) is 6.08. The molecule has 4 heterocycles. The van der Waals surface area contributed by atoms with Gasteiger partial charge in [-0.1, -0.05) is 55.8 Å². The molecule has 8 heteroatoms. The molecule has 1 unspecified atom stereocenters. The molecule has 0 saturated carbocycles. The van der Waals surface area contributed by atoms with Gasteiger partial charge in [0.2, 0.25) is 0 Å². The maximum absolute atomic E-state index is 13.3. The van der Waals surface area contributed by atoms with Crippen LogP contribution in [0.2, 0.25) is 5.15 Å². The third-order valence-corrected chi connectivity index (χ3v) is 7.35. The lowest BCUT2D eigenvalue weighted by Gasteiger charge is -2.25. The molecule has 1 aliphatic rings. The van der Waals surface area contributed by atoms with Crippen molar-refractivity contribution in [1.29, 1.82) is 0 Å². The Morgan fingerprint density at radius 1 is 1.13 bits per heavy atom. The average Bonchev–Trinajstić information content (AvgIpc) is 3.34. The largest absolute Gasteiger partial charge is 0.341 e. The van der Waals surface area contributed by atoms with E-state index in [1.165, 1.54) is 23.0 Å². The van der Waals surface area contributed by atoms with Gasteiger partial charge in [0, 0.05) is 26.0 Å². The van der Waals surface area contributed by atoms with E-state index in [0.717, 1.165) is 22.0 Å². The first-order chi connectivity index (χ1) is 14.2. The molecule has 0 radical (unpaired) electrons. The van der Waals surface area contributed by atoms with Gasteiger partial charge >= 0.3 is 5.69 Å². The monoisotopic (exact) mass is 440 g/mol. The van der Waals surface area contributed by atoms with Crippen molar-refractivity contribution in [3.63, 3.8) is 0 Å². The van der Waals surface area contributed by atoms with Gasteiger partial charge in [-0.25, -0.2) is 9.78 Å². The topological polar surface area (TPSA) is 61.8 Å². The molecule has 0 spiro atoms. The second-order valence-electron chi connectivity index (χ2n) is 8.55. The maximum Gasteiger partial charge on any atom is 0.331 e. The van der Waals surface area contributed by atoms with Crippen molar-refractivity contribution in [3.05, 3.63) is 72.4 Å². The minimum atomic E-state index is -0.332. The molecule has 30 heavy (non-hydrogen) atoms. The highest BCUT2D eigenvalue weighted by atomic mass is 35.5. The Bertz CT molecular complexity index is 1430. The molecule has 0 amide bonds. The number of hydrogen-bond donors (Lipinski definition) is 0. The van der Waals surface area contributed by atoms with E-state index in [9.17, 15) is 9.59 Å². The van der Waals surface area contributed by atoms with Crippen molar-refractivity contribution in [3.8, 4) is 11.3 Å². The SMILES string of the molecule is Cn1c(=O)c2c(-c3ccccc3)n3c(c2n(C)c1=O)C(c1nc(Cl)cs1)C(C)(C)C3. The van der Waals surface area contributed by atoms with Gasteiger partial charge in [0.05, 0.1) is 28.2 Å². The maximum atomic E-state index is 13.3. The normalized spacial score (nSPS) is 17.6. The average molecular weight is 441 g/mol.